The van der Waals surface area contributed by atoms with Crippen molar-refractivity contribution in [1.82, 2.24) is 0 Å². The average molecular weight is 315 g/mol. The minimum atomic E-state index is -3.85. The molecule has 0 aliphatic heterocycles. The number of hydrogen-bond acceptors (Lipinski definition) is 3. The summed E-state index contributed by atoms with van der Waals surface area (Å²) in [5.41, 5.74) is 0. The van der Waals surface area contributed by atoms with Gasteiger partial charge in [-0.25, -0.2) is 8.42 Å². The minimum absolute atomic E-state index is 0.127. The largest absolute Gasteiger partial charge is 0.297 e. The molecule has 0 amide bonds. The van der Waals surface area contributed by atoms with Crippen LogP contribution in [0.25, 0.3) is 0 Å². The van der Waals surface area contributed by atoms with Gasteiger partial charge in [0.1, 0.15) is 0 Å². The van der Waals surface area contributed by atoms with E-state index in [0.29, 0.717) is 6.42 Å². The van der Waals surface area contributed by atoms with Gasteiger partial charge in [-0.1, -0.05) is 55.5 Å². The fourth-order valence-electron chi connectivity index (χ4n) is 2.57. The molecule has 20 heavy (non-hydrogen) atoms. The summed E-state index contributed by atoms with van der Waals surface area (Å²) in [6.45, 7) is 0. The third-order valence-electron chi connectivity index (χ3n) is 3.80. The molecule has 1 fully saturated rings. The SMILES string of the molecule is O=C1CCCCCCCC1(Cl)S(=O)(=O)c1ccccc1. The number of rotatable bonds is 2. The monoisotopic (exact) mass is 314 g/mol. The highest BCUT2D eigenvalue weighted by atomic mass is 35.5. The topological polar surface area (TPSA) is 51.2 Å². The molecule has 5 heteroatoms. The molecule has 1 aromatic carbocycles. The van der Waals surface area contributed by atoms with Crippen molar-refractivity contribution in [3.05, 3.63) is 30.3 Å². The molecule has 0 N–H and O–H groups in total. The first kappa shape index (κ1) is 15.5. The van der Waals surface area contributed by atoms with Crippen LogP contribution < -0.4 is 0 Å². The number of carbonyl (C=O) groups excluding carboxylic acids is 1. The fourth-order valence-corrected chi connectivity index (χ4v) is 4.76. The van der Waals surface area contributed by atoms with Crippen molar-refractivity contribution < 1.29 is 13.2 Å². The molecule has 0 bridgehead atoms. The summed E-state index contributed by atoms with van der Waals surface area (Å²) in [6.07, 6.45) is 4.75. The normalized spacial score (nSPS) is 25.6. The van der Waals surface area contributed by atoms with Crippen LogP contribution in [0.3, 0.4) is 0 Å². The third kappa shape index (κ3) is 2.91. The zero-order valence-electron chi connectivity index (χ0n) is 11.3. The summed E-state index contributed by atoms with van der Waals surface area (Å²) in [5, 5.41) is 0. The van der Waals surface area contributed by atoms with Gasteiger partial charge in [-0.2, -0.15) is 0 Å². The van der Waals surface area contributed by atoms with E-state index in [1.165, 1.54) is 12.1 Å². The van der Waals surface area contributed by atoms with Gasteiger partial charge < -0.3 is 0 Å². The summed E-state index contributed by atoms with van der Waals surface area (Å²) < 4.78 is 23.7. The van der Waals surface area contributed by atoms with E-state index in [0.717, 1.165) is 25.7 Å². The van der Waals surface area contributed by atoms with E-state index in [1.54, 1.807) is 18.2 Å². The van der Waals surface area contributed by atoms with Crippen LogP contribution in [0.15, 0.2) is 35.2 Å². The first-order valence-corrected chi connectivity index (χ1v) is 8.86. The van der Waals surface area contributed by atoms with Gasteiger partial charge in [0.15, 0.2) is 5.78 Å². The second kappa shape index (κ2) is 6.27. The van der Waals surface area contributed by atoms with Gasteiger partial charge in [0.2, 0.25) is 14.0 Å². The van der Waals surface area contributed by atoms with E-state index in [-0.39, 0.29) is 23.5 Å². The summed E-state index contributed by atoms with van der Waals surface area (Å²) in [5.74, 6) is -0.357. The average Bonchev–Trinajstić information content (AvgIpc) is 2.53. The van der Waals surface area contributed by atoms with Crippen molar-refractivity contribution in [2.24, 2.45) is 0 Å². The van der Waals surface area contributed by atoms with E-state index in [1.807, 2.05) is 0 Å². The Morgan fingerprint density at radius 3 is 2.25 bits per heavy atom. The second-order valence-corrected chi connectivity index (χ2v) is 8.28. The Balaban J connectivity index is 2.41. The van der Waals surface area contributed by atoms with Gasteiger partial charge >= 0.3 is 0 Å². The van der Waals surface area contributed by atoms with Crippen LogP contribution in [0.5, 0.6) is 0 Å². The molecule has 110 valence electrons. The molecule has 1 unspecified atom stereocenters. The molecular formula is C15H19ClO3S. The van der Waals surface area contributed by atoms with E-state index < -0.39 is 14.0 Å². The van der Waals surface area contributed by atoms with Gasteiger partial charge in [0, 0.05) is 6.42 Å². The number of sulfone groups is 1. The van der Waals surface area contributed by atoms with E-state index >= 15 is 0 Å². The van der Waals surface area contributed by atoms with Crippen LogP contribution in [0.2, 0.25) is 0 Å². The second-order valence-electron chi connectivity index (χ2n) is 5.24. The van der Waals surface area contributed by atoms with E-state index in [4.69, 9.17) is 11.6 Å². The zero-order valence-corrected chi connectivity index (χ0v) is 12.9. The highest BCUT2D eigenvalue weighted by Crippen LogP contribution is 2.38. The Hall–Kier alpha value is -0.870. The Bertz CT molecular complexity index is 568. The molecular weight excluding hydrogens is 296 g/mol. The smallest absolute Gasteiger partial charge is 0.207 e. The fraction of sp³-hybridized carbons (Fsp3) is 0.533. The lowest BCUT2D eigenvalue weighted by Gasteiger charge is -2.25. The van der Waals surface area contributed by atoms with Crippen LogP contribution in [-0.4, -0.2) is 18.4 Å². The van der Waals surface area contributed by atoms with Gasteiger partial charge in [-0.3, -0.25) is 4.79 Å². The number of halogens is 1. The highest BCUT2D eigenvalue weighted by molar-refractivity contribution is 7.95. The summed E-state index contributed by atoms with van der Waals surface area (Å²) in [6, 6.07) is 8.03. The predicted molar refractivity (Wildman–Crippen MR) is 79.5 cm³/mol. The predicted octanol–water partition coefficient (Wildman–Crippen LogP) is 3.71. The summed E-state index contributed by atoms with van der Waals surface area (Å²) in [4.78, 5) is 12.5. The first-order valence-electron chi connectivity index (χ1n) is 7.00. The standard InChI is InChI=1S/C15H19ClO3S/c16-15(12-8-3-1-2-7-11-14(15)17)20(18,19)13-9-5-4-6-10-13/h4-6,9-10H,1-3,7-8,11-12H2. The van der Waals surface area contributed by atoms with Crippen molar-refractivity contribution in [3.8, 4) is 0 Å². The van der Waals surface area contributed by atoms with Crippen LogP contribution in [0.1, 0.15) is 44.9 Å². The van der Waals surface area contributed by atoms with E-state index in [9.17, 15) is 13.2 Å². The zero-order chi connectivity index (χ0) is 14.6. The lowest BCUT2D eigenvalue weighted by molar-refractivity contribution is -0.119. The van der Waals surface area contributed by atoms with Crippen molar-refractivity contribution in [1.29, 1.82) is 0 Å². The maximum absolute atomic E-state index is 12.7. The maximum atomic E-state index is 12.7. The molecule has 0 spiro atoms. The van der Waals surface area contributed by atoms with Crippen LogP contribution in [0, 0.1) is 0 Å². The Kier molecular flexibility index (Phi) is 4.86. The molecule has 1 atom stereocenters. The molecule has 1 aliphatic rings. The molecule has 0 heterocycles. The molecule has 1 aromatic rings. The molecule has 0 aromatic heterocycles. The van der Waals surface area contributed by atoms with Gasteiger partial charge in [0.05, 0.1) is 4.90 Å². The maximum Gasteiger partial charge on any atom is 0.207 e. The van der Waals surface area contributed by atoms with Crippen molar-refractivity contribution in [2.45, 2.75) is 54.0 Å². The van der Waals surface area contributed by atoms with Crippen molar-refractivity contribution in [3.63, 3.8) is 0 Å². The molecule has 3 nitrogen and oxygen atoms in total. The Morgan fingerprint density at radius 1 is 0.950 bits per heavy atom. The van der Waals surface area contributed by atoms with Crippen LogP contribution in [0.4, 0.5) is 0 Å². The molecule has 0 radical (unpaired) electrons. The first-order chi connectivity index (χ1) is 9.48. The highest BCUT2D eigenvalue weighted by Gasteiger charge is 2.48. The molecule has 0 saturated heterocycles. The number of hydrogen-bond donors (Lipinski definition) is 0. The van der Waals surface area contributed by atoms with Crippen molar-refractivity contribution in [2.75, 3.05) is 0 Å². The van der Waals surface area contributed by atoms with Gasteiger partial charge in [-0.15, -0.1) is 0 Å². The number of Topliss-reactive ketones (excluding diaryl/α,β-unsaturated/α-hetero) is 1. The third-order valence-corrected chi connectivity index (χ3v) is 6.98. The lowest BCUT2D eigenvalue weighted by atomic mass is 10.1. The number of alkyl halides is 1. The van der Waals surface area contributed by atoms with E-state index in [2.05, 4.69) is 0 Å². The van der Waals surface area contributed by atoms with Crippen molar-refractivity contribution >= 4 is 27.2 Å². The van der Waals surface area contributed by atoms with Gasteiger partial charge in [0.25, 0.3) is 0 Å². The molecule has 2 rings (SSSR count). The Labute approximate surface area is 125 Å². The van der Waals surface area contributed by atoms with Crippen LogP contribution >= 0.6 is 11.6 Å². The summed E-state index contributed by atoms with van der Waals surface area (Å²) >= 11 is 6.36. The quantitative estimate of drug-likeness (QED) is 0.782. The number of benzene rings is 1. The number of carbonyl (C=O) groups is 1. The minimum Gasteiger partial charge on any atom is -0.297 e. The number of ketones is 1. The molecule has 1 aliphatic carbocycles. The van der Waals surface area contributed by atoms with Gasteiger partial charge in [-0.05, 0) is 25.0 Å². The Morgan fingerprint density at radius 2 is 1.55 bits per heavy atom. The van der Waals surface area contributed by atoms with Crippen LogP contribution in [-0.2, 0) is 14.6 Å². The summed E-state index contributed by atoms with van der Waals surface area (Å²) in [7, 11) is -3.85. The molecule has 1 saturated carbocycles. The lowest BCUT2D eigenvalue weighted by Crippen LogP contribution is -2.41.